The molecule has 71 heavy (non-hydrogen) atoms. The zero-order chi connectivity index (χ0) is 51.4. The molecule has 0 aliphatic rings. The van der Waals surface area contributed by atoms with E-state index in [1.54, 1.807) is 0 Å². The van der Waals surface area contributed by atoms with Gasteiger partial charge >= 0.3 is 17.9 Å². The largest absolute Gasteiger partial charge is 0.462 e. The van der Waals surface area contributed by atoms with E-state index in [1.807, 2.05) is 0 Å². The zero-order valence-electron chi connectivity index (χ0n) is 46.7. The van der Waals surface area contributed by atoms with Crippen molar-refractivity contribution in [3.63, 3.8) is 0 Å². The van der Waals surface area contributed by atoms with Gasteiger partial charge < -0.3 is 14.2 Å². The van der Waals surface area contributed by atoms with Crippen molar-refractivity contribution >= 4 is 17.9 Å². The number of carbonyl (C=O) groups is 3. The lowest BCUT2D eigenvalue weighted by Crippen LogP contribution is -2.30. The van der Waals surface area contributed by atoms with Crippen LogP contribution in [0.4, 0.5) is 0 Å². The molecule has 408 valence electrons. The van der Waals surface area contributed by atoms with E-state index < -0.39 is 6.10 Å². The summed E-state index contributed by atoms with van der Waals surface area (Å²) >= 11 is 0. The predicted molar refractivity (Wildman–Crippen MR) is 307 cm³/mol. The van der Waals surface area contributed by atoms with Gasteiger partial charge in [0.15, 0.2) is 6.10 Å². The molecule has 0 rings (SSSR count). The molecule has 0 aliphatic carbocycles. The van der Waals surface area contributed by atoms with Crippen molar-refractivity contribution < 1.29 is 28.6 Å². The Morgan fingerprint density at radius 1 is 0.296 bits per heavy atom. The van der Waals surface area contributed by atoms with Crippen LogP contribution in [-0.2, 0) is 28.6 Å². The molecule has 1 atom stereocenters. The molecule has 0 heterocycles. The van der Waals surface area contributed by atoms with Gasteiger partial charge in [0.1, 0.15) is 13.2 Å². The minimum atomic E-state index is -0.789. The molecular weight excluding hydrogens is 877 g/mol. The van der Waals surface area contributed by atoms with Crippen LogP contribution in [0.1, 0.15) is 290 Å². The monoisotopic (exact) mass is 989 g/mol. The van der Waals surface area contributed by atoms with Gasteiger partial charge in [-0.1, -0.05) is 260 Å². The molecule has 0 aromatic heterocycles. The van der Waals surface area contributed by atoms with Crippen molar-refractivity contribution in [1.82, 2.24) is 0 Å². The van der Waals surface area contributed by atoms with E-state index in [4.69, 9.17) is 14.2 Å². The maximum Gasteiger partial charge on any atom is 0.306 e. The van der Waals surface area contributed by atoms with Gasteiger partial charge in [-0.25, -0.2) is 0 Å². The summed E-state index contributed by atoms with van der Waals surface area (Å²) in [6.45, 7) is 6.50. The van der Waals surface area contributed by atoms with Gasteiger partial charge in [-0.05, 0) is 96.3 Å². The number of hydrogen-bond donors (Lipinski definition) is 0. The van der Waals surface area contributed by atoms with E-state index in [0.29, 0.717) is 19.3 Å². The molecule has 0 radical (unpaired) electrons. The average Bonchev–Trinajstić information content (AvgIpc) is 3.37. The molecule has 6 heteroatoms. The molecule has 0 aliphatic heterocycles. The highest BCUT2D eigenvalue weighted by molar-refractivity contribution is 5.71. The molecule has 0 spiro atoms. The highest BCUT2D eigenvalue weighted by Gasteiger charge is 2.19. The molecule has 0 saturated heterocycles. The van der Waals surface area contributed by atoms with Crippen LogP contribution in [0, 0.1) is 0 Å². The van der Waals surface area contributed by atoms with E-state index >= 15 is 0 Å². The van der Waals surface area contributed by atoms with Crippen LogP contribution >= 0.6 is 0 Å². The Morgan fingerprint density at radius 2 is 0.549 bits per heavy atom. The number of carbonyl (C=O) groups excluding carboxylic acids is 3. The van der Waals surface area contributed by atoms with Gasteiger partial charge in [-0.3, -0.25) is 14.4 Å². The Labute approximate surface area is 439 Å². The van der Waals surface area contributed by atoms with E-state index in [-0.39, 0.29) is 31.1 Å². The standard InChI is InChI=1S/C65H112O6/c1-4-7-10-13-16-19-22-25-27-29-31-32-33-34-35-37-38-40-43-46-49-52-55-58-64(67)70-61-62(60-69-63(66)57-54-51-48-45-42-24-21-18-15-12-9-6-3)71-65(68)59-56-53-50-47-44-41-39-36-30-28-26-23-20-17-14-11-8-5-2/h7,10,16,18-19,21,25,27,31-32,34-35,38,40,62H,4-6,8-9,11-15,17,20,22-24,26,28-30,33,36-37,39,41-61H2,1-3H3/b10-7-,19-16-,21-18-,27-25-,32-31-,35-34-,40-38-. The second-order valence-corrected chi connectivity index (χ2v) is 19.9. The molecule has 0 N–H and O–H groups in total. The lowest BCUT2D eigenvalue weighted by atomic mass is 10.0. The summed E-state index contributed by atoms with van der Waals surface area (Å²) < 4.78 is 16.9. The van der Waals surface area contributed by atoms with E-state index in [2.05, 4.69) is 106 Å². The minimum absolute atomic E-state index is 0.0871. The molecule has 0 fully saturated rings. The van der Waals surface area contributed by atoms with Gasteiger partial charge in [0.25, 0.3) is 0 Å². The van der Waals surface area contributed by atoms with E-state index in [0.717, 1.165) is 116 Å². The van der Waals surface area contributed by atoms with Crippen LogP contribution in [0.2, 0.25) is 0 Å². The van der Waals surface area contributed by atoms with Crippen molar-refractivity contribution in [3.8, 4) is 0 Å². The molecule has 6 nitrogen and oxygen atoms in total. The fourth-order valence-electron chi connectivity index (χ4n) is 8.38. The number of unbranched alkanes of at least 4 members (excludes halogenated alkanes) is 29. The van der Waals surface area contributed by atoms with Gasteiger partial charge in [-0.15, -0.1) is 0 Å². The normalized spacial score (nSPS) is 12.7. The minimum Gasteiger partial charge on any atom is -0.462 e. The van der Waals surface area contributed by atoms with Crippen LogP contribution in [0.25, 0.3) is 0 Å². The van der Waals surface area contributed by atoms with Crippen molar-refractivity contribution in [2.24, 2.45) is 0 Å². The SMILES string of the molecule is CC/C=C\C/C=C\C/C=C\C/C=C\C/C=C\C/C=C\CCCCCCC(=O)OCC(COC(=O)CCCCCCC/C=C\CCCCC)OC(=O)CCCCCCCCCCCCCCCCCCCC. The molecule has 0 aromatic carbocycles. The average molecular weight is 990 g/mol. The van der Waals surface area contributed by atoms with Crippen molar-refractivity contribution in [2.45, 2.75) is 297 Å². The lowest BCUT2D eigenvalue weighted by Gasteiger charge is -2.18. The van der Waals surface area contributed by atoms with E-state index in [1.165, 1.54) is 135 Å². The van der Waals surface area contributed by atoms with Crippen LogP contribution in [-0.4, -0.2) is 37.2 Å². The maximum absolute atomic E-state index is 12.9. The van der Waals surface area contributed by atoms with Crippen molar-refractivity contribution in [2.75, 3.05) is 13.2 Å². The highest BCUT2D eigenvalue weighted by Crippen LogP contribution is 2.16. The van der Waals surface area contributed by atoms with Gasteiger partial charge in [0, 0.05) is 19.3 Å². The molecule has 1 unspecified atom stereocenters. The summed E-state index contributed by atoms with van der Waals surface area (Å²) in [5.74, 6) is -0.911. The van der Waals surface area contributed by atoms with Crippen LogP contribution < -0.4 is 0 Å². The first-order valence-electron chi connectivity index (χ1n) is 30.1. The first-order chi connectivity index (χ1) is 35.0. The summed E-state index contributed by atoms with van der Waals surface area (Å²) in [5.41, 5.74) is 0. The number of ether oxygens (including phenoxy) is 3. The quantitative estimate of drug-likeness (QED) is 0.0261. The summed E-state index contributed by atoms with van der Waals surface area (Å²) in [7, 11) is 0. The molecular formula is C65H112O6. The number of allylic oxidation sites excluding steroid dienone is 14. The Hall–Kier alpha value is -3.41. The smallest absolute Gasteiger partial charge is 0.306 e. The summed E-state index contributed by atoms with van der Waals surface area (Å²) in [4.78, 5) is 38.2. The third-order valence-electron chi connectivity index (χ3n) is 12.9. The van der Waals surface area contributed by atoms with Crippen molar-refractivity contribution in [3.05, 3.63) is 85.1 Å². The Kier molecular flexibility index (Phi) is 56.3. The summed E-state index contributed by atoms with van der Waals surface area (Å²) in [6, 6.07) is 0. The molecule has 0 amide bonds. The fraction of sp³-hybridized carbons (Fsp3) is 0.738. The van der Waals surface area contributed by atoms with Crippen LogP contribution in [0.3, 0.4) is 0 Å². The summed E-state index contributed by atoms with van der Waals surface area (Å²) in [5, 5.41) is 0. The first-order valence-corrected chi connectivity index (χ1v) is 30.1. The lowest BCUT2D eigenvalue weighted by molar-refractivity contribution is -0.167. The third-order valence-corrected chi connectivity index (χ3v) is 12.9. The van der Waals surface area contributed by atoms with Crippen molar-refractivity contribution in [1.29, 1.82) is 0 Å². The first kappa shape index (κ1) is 67.6. The van der Waals surface area contributed by atoms with E-state index in [9.17, 15) is 14.4 Å². The number of rotatable bonds is 54. The number of hydrogen-bond acceptors (Lipinski definition) is 6. The van der Waals surface area contributed by atoms with Gasteiger partial charge in [-0.2, -0.15) is 0 Å². The molecule has 0 aromatic rings. The van der Waals surface area contributed by atoms with Crippen LogP contribution in [0.15, 0.2) is 85.1 Å². The maximum atomic E-state index is 12.9. The van der Waals surface area contributed by atoms with Gasteiger partial charge in [0.2, 0.25) is 0 Å². The second-order valence-electron chi connectivity index (χ2n) is 19.9. The third kappa shape index (κ3) is 57.4. The summed E-state index contributed by atoms with van der Waals surface area (Å²) in [6.07, 6.45) is 77.2. The fourth-order valence-corrected chi connectivity index (χ4v) is 8.38. The Bertz CT molecular complexity index is 1370. The predicted octanol–water partition coefficient (Wildman–Crippen LogP) is 20.3. The Balaban J connectivity index is 4.38. The number of esters is 3. The molecule has 0 saturated carbocycles. The zero-order valence-corrected chi connectivity index (χ0v) is 46.7. The molecule has 0 bridgehead atoms. The van der Waals surface area contributed by atoms with Crippen LogP contribution in [0.5, 0.6) is 0 Å². The van der Waals surface area contributed by atoms with Gasteiger partial charge in [0.05, 0.1) is 0 Å². The second kappa shape index (κ2) is 59.2. The topological polar surface area (TPSA) is 78.9 Å². The Morgan fingerprint density at radius 3 is 0.901 bits per heavy atom. The highest BCUT2D eigenvalue weighted by atomic mass is 16.6.